The van der Waals surface area contributed by atoms with Crippen molar-refractivity contribution in [2.45, 2.75) is 249 Å². The van der Waals surface area contributed by atoms with Gasteiger partial charge in [0.1, 0.15) is 24.4 Å². The molecule has 0 radical (unpaired) electrons. The first-order valence-corrected chi connectivity index (χ1v) is 24.4. The van der Waals surface area contributed by atoms with Crippen LogP contribution in [0, 0.1) is 0 Å². The number of hydrogen-bond acceptors (Lipinski definition) is 10. The molecule has 0 aliphatic carbocycles. The van der Waals surface area contributed by atoms with Crippen LogP contribution in [0.2, 0.25) is 0 Å². The molecule has 0 saturated carbocycles. The van der Waals surface area contributed by atoms with E-state index in [1.165, 1.54) is 135 Å². The maximum Gasteiger partial charge on any atom is 0.397 e. The third kappa shape index (κ3) is 28.9. The molecule has 1 saturated heterocycles. The van der Waals surface area contributed by atoms with E-state index in [4.69, 9.17) is 14.0 Å². The van der Waals surface area contributed by atoms with Gasteiger partial charge in [-0.15, -0.1) is 0 Å². The maximum atomic E-state index is 13.0. The summed E-state index contributed by atoms with van der Waals surface area (Å²) in [6.45, 7) is 3.36. The highest BCUT2D eigenvalue weighted by atomic mass is 32.3. The SMILES string of the molecule is CCCCCCCCC/C=C/C(O)C(COC1OC(CO)C(O)C(OS(=O)(=O)O)C1O)NC(=O)CCCCCCCCCCCCCCCCCCCCCCC. The van der Waals surface area contributed by atoms with Crippen molar-refractivity contribution in [3.63, 3.8) is 0 Å². The Balaban J connectivity index is 2.40. The molecular weight excluding hydrogens is 751 g/mol. The van der Waals surface area contributed by atoms with Gasteiger partial charge >= 0.3 is 10.4 Å². The number of aliphatic hydroxyl groups excluding tert-OH is 4. The van der Waals surface area contributed by atoms with Crippen LogP contribution in [0.4, 0.5) is 0 Å². The lowest BCUT2D eigenvalue weighted by molar-refractivity contribution is -0.298. The minimum absolute atomic E-state index is 0.262. The van der Waals surface area contributed by atoms with Crippen LogP contribution >= 0.6 is 0 Å². The lowest BCUT2D eigenvalue weighted by atomic mass is 9.99. The van der Waals surface area contributed by atoms with E-state index in [-0.39, 0.29) is 18.9 Å². The van der Waals surface area contributed by atoms with Gasteiger partial charge in [0.05, 0.1) is 25.4 Å². The Kier molecular flexibility index (Phi) is 33.6. The zero-order valence-corrected chi connectivity index (χ0v) is 36.7. The number of allylic oxidation sites excluding steroid dienone is 1. The van der Waals surface area contributed by atoms with Crippen molar-refractivity contribution in [3.8, 4) is 0 Å². The number of unbranched alkanes of at least 4 members (excludes halogenated alkanes) is 27. The fraction of sp³-hybridized carbons (Fsp3) is 0.932. The van der Waals surface area contributed by atoms with Crippen molar-refractivity contribution < 1.29 is 51.8 Å². The van der Waals surface area contributed by atoms with Crippen molar-refractivity contribution in [2.24, 2.45) is 0 Å². The minimum Gasteiger partial charge on any atom is -0.394 e. The van der Waals surface area contributed by atoms with Gasteiger partial charge in [-0.05, 0) is 19.3 Å². The number of aliphatic hydroxyl groups is 4. The molecule has 0 aromatic carbocycles. The second-order valence-corrected chi connectivity index (χ2v) is 17.4. The lowest BCUT2D eigenvalue weighted by Crippen LogP contribution is -2.61. The maximum absolute atomic E-state index is 13.0. The zero-order valence-electron chi connectivity index (χ0n) is 35.9. The Morgan fingerprint density at radius 3 is 1.53 bits per heavy atom. The molecule has 0 aromatic heterocycles. The first-order chi connectivity index (χ1) is 27.5. The molecule has 0 bridgehead atoms. The number of carbonyl (C=O) groups is 1. The second kappa shape index (κ2) is 35.6. The topological polar surface area (TPSA) is 192 Å². The van der Waals surface area contributed by atoms with E-state index in [1.54, 1.807) is 6.08 Å². The summed E-state index contributed by atoms with van der Waals surface area (Å²) in [6.07, 6.45) is 29.9. The molecule has 6 N–H and O–H groups in total. The van der Waals surface area contributed by atoms with Gasteiger partial charge in [-0.2, -0.15) is 8.42 Å². The summed E-state index contributed by atoms with van der Waals surface area (Å²) in [5, 5.41) is 44.5. The number of amides is 1. The van der Waals surface area contributed by atoms with E-state index in [0.717, 1.165) is 44.9 Å². The van der Waals surface area contributed by atoms with Crippen LogP contribution in [-0.4, -0.2) is 95.4 Å². The van der Waals surface area contributed by atoms with Crippen LogP contribution in [0.3, 0.4) is 0 Å². The lowest BCUT2D eigenvalue weighted by Gasteiger charge is -2.41. The smallest absolute Gasteiger partial charge is 0.394 e. The summed E-state index contributed by atoms with van der Waals surface area (Å²) in [5.41, 5.74) is 0. The summed E-state index contributed by atoms with van der Waals surface area (Å²) >= 11 is 0. The van der Waals surface area contributed by atoms with Crippen molar-refractivity contribution in [1.82, 2.24) is 5.32 Å². The van der Waals surface area contributed by atoms with Crippen molar-refractivity contribution in [3.05, 3.63) is 12.2 Å². The van der Waals surface area contributed by atoms with Gasteiger partial charge in [-0.1, -0.05) is 193 Å². The van der Waals surface area contributed by atoms with Crippen LogP contribution in [0.1, 0.15) is 206 Å². The Labute approximate surface area is 347 Å². The van der Waals surface area contributed by atoms with Crippen LogP contribution in [0.25, 0.3) is 0 Å². The van der Waals surface area contributed by atoms with Gasteiger partial charge in [-0.3, -0.25) is 9.35 Å². The molecule has 7 unspecified atom stereocenters. The van der Waals surface area contributed by atoms with Gasteiger partial charge < -0.3 is 35.2 Å². The molecule has 13 heteroatoms. The average molecular weight is 836 g/mol. The van der Waals surface area contributed by atoms with E-state index < -0.39 is 59.9 Å². The third-order valence-electron chi connectivity index (χ3n) is 11.1. The second-order valence-electron chi connectivity index (χ2n) is 16.4. The molecule has 0 spiro atoms. The zero-order chi connectivity index (χ0) is 42.0. The van der Waals surface area contributed by atoms with E-state index >= 15 is 0 Å². The number of ether oxygens (including phenoxy) is 2. The molecule has 1 amide bonds. The monoisotopic (exact) mass is 836 g/mol. The van der Waals surface area contributed by atoms with E-state index in [1.807, 2.05) is 6.08 Å². The first-order valence-electron chi connectivity index (χ1n) is 23.1. The molecule has 1 rings (SSSR count). The third-order valence-corrected chi connectivity index (χ3v) is 11.5. The molecular formula is C44H85NO11S. The fourth-order valence-corrected chi connectivity index (χ4v) is 7.96. The molecule has 1 heterocycles. The Morgan fingerprint density at radius 2 is 1.11 bits per heavy atom. The standard InChI is InChI=1S/C44H85NO11S/c1-3-5-7-9-11-13-14-15-16-17-18-19-20-21-22-23-24-26-28-30-32-34-40(48)45-37(38(47)33-31-29-27-25-12-10-8-6-4-2)36-54-44-42(50)43(56-57(51,52)53)41(49)39(35-46)55-44/h31,33,37-39,41-44,46-47,49-50H,3-30,32,34-36H2,1-2H3,(H,45,48)(H,51,52,53)/b33-31+. The molecule has 1 aliphatic heterocycles. The molecule has 1 fully saturated rings. The van der Waals surface area contributed by atoms with Crippen molar-refractivity contribution >= 4 is 16.3 Å². The van der Waals surface area contributed by atoms with Gasteiger partial charge in [0.25, 0.3) is 0 Å². The van der Waals surface area contributed by atoms with E-state index in [0.29, 0.717) is 6.42 Å². The van der Waals surface area contributed by atoms with Gasteiger partial charge in [0.2, 0.25) is 5.91 Å². The summed E-state index contributed by atoms with van der Waals surface area (Å²) in [6, 6.07) is -0.936. The van der Waals surface area contributed by atoms with E-state index in [2.05, 4.69) is 23.3 Å². The Morgan fingerprint density at radius 1 is 0.684 bits per heavy atom. The highest BCUT2D eigenvalue weighted by Crippen LogP contribution is 2.26. The van der Waals surface area contributed by atoms with Crippen LogP contribution in [0.5, 0.6) is 0 Å². The quantitative estimate of drug-likeness (QED) is 0.0197. The molecule has 338 valence electrons. The predicted octanol–water partition coefficient (Wildman–Crippen LogP) is 8.77. The van der Waals surface area contributed by atoms with Gasteiger partial charge in [0.15, 0.2) is 6.29 Å². The van der Waals surface area contributed by atoms with Gasteiger partial charge in [0, 0.05) is 6.42 Å². The average Bonchev–Trinajstić information content (AvgIpc) is 3.18. The molecule has 7 atom stereocenters. The Bertz CT molecular complexity index is 1080. The fourth-order valence-electron chi connectivity index (χ4n) is 7.45. The number of hydrogen-bond donors (Lipinski definition) is 6. The van der Waals surface area contributed by atoms with Crippen molar-refractivity contribution in [2.75, 3.05) is 13.2 Å². The molecule has 12 nitrogen and oxygen atoms in total. The highest BCUT2D eigenvalue weighted by molar-refractivity contribution is 7.80. The van der Waals surface area contributed by atoms with E-state index in [9.17, 15) is 33.6 Å². The van der Waals surface area contributed by atoms with Crippen LogP contribution < -0.4 is 5.32 Å². The number of rotatable bonds is 39. The largest absolute Gasteiger partial charge is 0.397 e. The minimum atomic E-state index is -5.08. The predicted molar refractivity (Wildman–Crippen MR) is 227 cm³/mol. The summed E-state index contributed by atoms with van der Waals surface area (Å²) in [5.74, 6) is -0.262. The van der Waals surface area contributed by atoms with Crippen molar-refractivity contribution in [1.29, 1.82) is 0 Å². The normalized spacial score (nSPS) is 21.3. The Hall–Kier alpha value is -1.16. The molecule has 0 aromatic rings. The van der Waals surface area contributed by atoms with Crippen LogP contribution in [0.15, 0.2) is 12.2 Å². The highest BCUT2D eigenvalue weighted by Gasteiger charge is 2.48. The number of nitrogens with one attached hydrogen (secondary N) is 1. The first kappa shape index (κ1) is 53.9. The molecule has 1 aliphatic rings. The number of carbonyl (C=O) groups excluding carboxylic acids is 1. The molecule has 57 heavy (non-hydrogen) atoms. The van der Waals surface area contributed by atoms with Crippen LogP contribution in [-0.2, 0) is 28.9 Å². The summed E-state index contributed by atoms with van der Waals surface area (Å²) in [4.78, 5) is 13.0. The summed E-state index contributed by atoms with van der Waals surface area (Å²) < 4.78 is 47.4. The van der Waals surface area contributed by atoms with Gasteiger partial charge in [-0.25, -0.2) is 4.18 Å². The summed E-state index contributed by atoms with van der Waals surface area (Å²) in [7, 11) is -5.08.